The van der Waals surface area contributed by atoms with Crippen LogP contribution in [0.15, 0.2) is 48.0 Å². The Labute approximate surface area is 121 Å². The Bertz CT molecular complexity index is 590. The van der Waals surface area contributed by atoms with Crippen LogP contribution in [0.25, 0.3) is 0 Å². The number of aliphatic carboxylic acids is 1. The predicted octanol–water partition coefficient (Wildman–Crippen LogP) is 4.07. The van der Waals surface area contributed by atoms with Crippen molar-refractivity contribution in [2.45, 2.75) is 19.3 Å². The molecule has 4 nitrogen and oxygen atoms in total. The standard InChI is InChI=1S/C15H15NO3S/c1-10(2)9-13(14(17)18)11-3-5-12(6-4-11)19-15-16-7-8-20-15/h3-8,13H,1,9H2,2H3,(H,17,18). The van der Waals surface area contributed by atoms with E-state index in [1.807, 2.05) is 12.3 Å². The van der Waals surface area contributed by atoms with Crippen LogP contribution < -0.4 is 4.74 Å². The van der Waals surface area contributed by atoms with Crippen molar-refractivity contribution >= 4 is 17.3 Å². The summed E-state index contributed by atoms with van der Waals surface area (Å²) in [5.41, 5.74) is 1.59. The summed E-state index contributed by atoms with van der Waals surface area (Å²) >= 11 is 1.40. The van der Waals surface area contributed by atoms with Gasteiger partial charge in [0.25, 0.3) is 5.19 Å². The fourth-order valence-corrected chi connectivity index (χ4v) is 2.33. The van der Waals surface area contributed by atoms with Crippen LogP contribution in [-0.4, -0.2) is 16.1 Å². The molecule has 1 aromatic heterocycles. The van der Waals surface area contributed by atoms with Crippen LogP contribution in [0, 0.1) is 0 Å². The van der Waals surface area contributed by atoms with Gasteiger partial charge in [-0.15, -0.1) is 6.58 Å². The fourth-order valence-electron chi connectivity index (χ4n) is 1.83. The maximum atomic E-state index is 11.3. The number of carbonyl (C=O) groups is 1. The van der Waals surface area contributed by atoms with Gasteiger partial charge in [-0.3, -0.25) is 4.79 Å². The van der Waals surface area contributed by atoms with Crippen LogP contribution in [0.2, 0.25) is 0 Å². The molecule has 0 amide bonds. The van der Waals surface area contributed by atoms with Gasteiger partial charge in [0, 0.05) is 11.6 Å². The molecule has 1 heterocycles. The summed E-state index contributed by atoms with van der Waals surface area (Å²) in [6.07, 6.45) is 2.10. The van der Waals surface area contributed by atoms with Gasteiger partial charge < -0.3 is 9.84 Å². The second kappa shape index (κ2) is 6.34. The third kappa shape index (κ3) is 3.68. The van der Waals surface area contributed by atoms with Gasteiger partial charge in [-0.2, -0.15) is 0 Å². The van der Waals surface area contributed by atoms with Gasteiger partial charge in [0.2, 0.25) is 0 Å². The van der Waals surface area contributed by atoms with Gasteiger partial charge in [-0.1, -0.05) is 29.0 Å². The molecule has 0 saturated carbocycles. The number of hydrogen-bond donors (Lipinski definition) is 1. The number of rotatable bonds is 6. The van der Waals surface area contributed by atoms with Gasteiger partial charge in [-0.25, -0.2) is 4.98 Å². The molecule has 0 saturated heterocycles. The number of nitrogens with zero attached hydrogens (tertiary/aromatic N) is 1. The molecular weight excluding hydrogens is 274 g/mol. The lowest BCUT2D eigenvalue weighted by molar-refractivity contribution is -0.138. The van der Waals surface area contributed by atoms with Crippen LogP contribution in [0.5, 0.6) is 10.9 Å². The van der Waals surface area contributed by atoms with E-state index in [9.17, 15) is 9.90 Å². The van der Waals surface area contributed by atoms with E-state index in [0.717, 1.165) is 11.1 Å². The smallest absolute Gasteiger partial charge is 0.311 e. The van der Waals surface area contributed by atoms with Crippen LogP contribution in [0.4, 0.5) is 0 Å². The van der Waals surface area contributed by atoms with Gasteiger partial charge in [-0.05, 0) is 31.0 Å². The molecule has 0 aliphatic carbocycles. The molecule has 1 atom stereocenters. The molecule has 2 rings (SSSR count). The highest BCUT2D eigenvalue weighted by Gasteiger charge is 2.19. The normalized spacial score (nSPS) is 11.8. The third-order valence-corrected chi connectivity index (χ3v) is 3.40. The molecule has 5 heteroatoms. The molecule has 1 N–H and O–H groups in total. The maximum Gasteiger partial charge on any atom is 0.311 e. The minimum atomic E-state index is -0.846. The highest BCUT2D eigenvalue weighted by atomic mass is 32.1. The van der Waals surface area contributed by atoms with Crippen molar-refractivity contribution in [1.82, 2.24) is 4.98 Å². The quantitative estimate of drug-likeness (QED) is 0.814. The molecule has 1 aromatic carbocycles. The molecular formula is C15H15NO3S. The number of hydrogen-bond acceptors (Lipinski definition) is 4. The van der Waals surface area contributed by atoms with E-state index >= 15 is 0 Å². The van der Waals surface area contributed by atoms with Crippen molar-refractivity contribution < 1.29 is 14.6 Å². The number of allylic oxidation sites excluding steroid dienone is 1. The Morgan fingerprint density at radius 3 is 2.65 bits per heavy atom. The summed E-state index contributed by atoms with van der Waals surface area (Å²) < 4.78 is 5.54. The zero-order valence-corrected chi connectivity index (χ0v) is 11.9. The van der Waals surface area contributed by atoms with Crippen molar-refractivity contribution in [1.29, 1.82) is 0 Å². The van der Waals surface area contributed by atoms with Crippen molar-refractivity contribution in [2.75, 3.05) is 0 Å². The first-order chi connectivity index (χ1) is 9.56. The van der Waals surface area contributed by atoms with E-state index in [1.54, 1.807) is 30.5 Å². The topological polar surface area (TPSA) is 59.4 Å². The first kappa shape index (κ1) is 14.3. The summed E-state index contributed by atoms with van der Waals surface area (Å²) in [5.74, 6) is -0.772. The number of thiazole rings is 1. The van der Waals surface area contributed by atoms with Crippen molar-refractivity contribution in [3.05, 3.63) is 53.6 Å². The molecule has 104 valence electrons. The van der Waals surface area contributed by atoms with E-state index in [4.69, 9.17) is 4.74 Å². The number of carboxylic acids is 1. The summed E-state index contributed by atoms with van der Waals surface area (Å²) in [4.78, 5) is 15.3. The SMILES string of the molecule is C=C(C)CC(C(=O)O)c1ccc(Oc2nccs2)cc1. The third-order valence-electron chi connectivity index (χ3n) is 2.75. The number of ether oxygens (including phenoxy) is 1. The Kier molecular flexibility index (Phi) is 4.53. The minimum absolute atomic E-state index is 0.433. The molecule has 1 unspecified atom stereocenters. The Hall–Kier alpha value is -2.14. The molecule has 0 aliphatic heterocycles. The van der Waals surface area contributed by atoms with Crippen molar-refractivity contribution in [3.63, 3.8) is 0 Å². The van der Waals surface area contributed by atoms with E-state index in [2.05, 4.69) is 11.6 Å². The number of aromatic nitrogens is 1. The first-order valence-electron chi connectivity index (χ1n) is 6.11. The lowest BCUT2D eigenvalue weighted by Crippen LogP contribution is -2.11. The summed E-state index contributed by atoms with van der Waals surface area (Å²) in [6.45, 7) is 5.60. The second-order valence-electron chi connectivity index (χ2n) is 4.52. The van der Waals surface area contributed by atoms with Crippen molar-refractivity contribution in [3.8, 4) is 10.9 Å². The molecule has 2 aromatic rings. The highest BCUT2D eigenvalue weighted by Crippen LogP contribution is 2.28. The lowest BCUT2D eigenvalue weighted by Gasteiger charge is -2.13. The molecule has 0 aliphatic rings. The Morgan fingerprint density at radius 2 is 2.15 bits per heavy atom. The van der Waals surface area contributed by atoms with Crippen LogP contribution in [0.3, 0.4) is 0 Å². The second-order valence-corrected chi connectivity index (χ2v) is 5.38. The largest absolute Gasteiger partial charge is 0.481 e. The molecule has 20 heavy (non-hydrogen) atoms. The van der Waals surface area contributed by atoms with Crippen molar-refractivity contribution in [2.24, 2.45) is 0 Å². The van der Waals surface area contributed by atoms with Gasteiger partial charge in [0.05, 0.1) is 5.92 Å². The van der Waals surface area contributed by atoms with Gasteiger partial charge >= 0.3 is 5.97 Å². The number of carboxylic acid groups (broad SMARTS) is 1. The molecule has 0 radical (unpaired) electrons. The van der Waals surface area contributed by atoms with Gasteiger partial charge in [0.15, 0.2) is 0 Å². The minimum Gasteiger partial charge on any atom is -0.481 e. The molecule has 0 spiro atoms. The Balaban J connectivity index is 2.13. The zero-order chi connectivity index (χ0) is 14.5. The Morgan fingerprint density at radius 1 is 1.45 bits per heavy atom. The van der Waals surface area contributed by atoms with Crippen LogP contribution in [-0.2, 0) is 4.79 Å². The molecule has 0 bridgehead atoms. The summed E-state index contributed by atoms with van der Waals surface area (Å²) in [5, 5.41) is 11.7. The van der Waals surface area contributed by atoms with E-state index in [-0.39, 0.29) is 0 Å². The monoisotopic (exact) mass is 289 g/mol. The van der Waals surface area contributed by atoms with E-state index in [1.165, 1.54) is 11.3 Å². The number of benzene rings is 1. The molecule has 0 fully saturated rings. The fraction of sp³-hybridized carbons (Fsp3) is 0.200. The average Bonchev–Trinajstić information content (AvgIpc) is 2.89. The predicted molar refractivity (Wildman–Crippen MR) is 78.4 cm³/mol. The summed E-state index contributed by atoms with van der Waals surface area (Å²) in [6, 6.07) is 7.05. The maximum absolute atomic E-state index is 11.3. The summed E-state index contributed by atoms with van der Waals surface area (Å²) in [7, 11) is 0. The van der Waals surface area contributed by atoms with Gasteiger partial charge in [0.1, 0.15) is 5.75 Å². The van der Waals surface area contributed by atoms with Crippen LogP contribution >= 0.6 is 11.3 Å². The van der Waals surface area contributed by atoms with E-state index < -0.39 is 11.9 Å². The highest BCUT2D eigenvalue weighted by molar-refractivity contribution is 7.11. The lowest BCUT2D eigenvalue weighted by atomic mass is 9.93. The average molecular weight is 289 g/mol. The first-order valence-corrected chi connectivity index (χ1v) is 6.98. The van der Waals surface area contributed by atoms with Crippen LogP contribution in [0.1, 0.15) is 24.8 Å². The van der Waals surface area contributed by atoms with E-state index in [0.29, 0.717) is 17.4 Å². The zero-order valence-electron chi connectivity index (χ0n) is 11.1.